The highest BCUT2D eigenvalue weighted by Crippen LogP contribution is 2.41. The predicted octanol–water partition coefficient (Wildman–Crippen LogP) is -0.0546. The third kappa shape index (κ3) is 1.26. The lowest BCUT2D eigenvalue weighted by atomic mass is 9.68. The molecule has 0 aromatic heterocycles. The van der Waals surface area contributed by atoms with Gasteiger partial charge in [0.15, 0.2) is 0 Å². The van der Waals surface area contributed by atoms with E-state index >= 15 is 0 Å². The maximum atomic E-state index is 8.77. The fourth-order valence-electron chi connectivity index (χ4n) is 2.65. The summed E-state index contributed by atoms with van der Waals surface area (Å²) in [5, 5.41) is 8.77. The van der Waals surface area contributed by atoms with Gasteiger partial charge in [-0.15, -0.1) is 0 Å². The molecule has 0 unspecified atom stereocenters. The van der Waals surface area contributed by atoms with Crippen LogP contribution in [0.3, 0.4) is 0 Å². The van der Waals surface area contributed by atoms with Gasteiger partial charge in [0.1, 0.15) is 0 Å². The molecule has 0 aromatic rings. The van der Waals surface area contributed by atoms with Crippen LogP contribution in [-0.4, -0.2) is 49.5 Å². The molecule has 2 atom stereocenters. The Balaban J connectivity index is 1.84. The minimum Gasteiger partial charge on any atom is -0.395 e. The van der Waals surface area contributed by atoms with Crippen molar-refractivity contribution in [3.8, 4) is 0 Å². The van der Waals surface area contributed by atoms with Crippen molar-refractivity contribution in [1.82, 2.24) is 4.90 Å². The molecule has 2 saturated heterocycles. The van der Waals surface area contributed by atoms with Crippen molar-refractivity contribution < 1.29 is 9.84 Å². The monoisotopic (exact) mass is 171 g/mol. The second-order valence-electron chi connectivity index (χ2n) is 3.94. The molecule has 12 heavy (non-hydrogen) atoms. The average Bonchev–Trinajstić information content (AvgIpc) is 2.05. The van der Waals surface area contributed by atoms with Crippen LogP contribution in [0.2, 0.25) is 0 Å². The molecule has 1 saturated carbocycles. The van der Waals surface area contributed by atoms with Crippen molar-refractivity contribution >= 4 is 0 Å². The smallest absolute Gasteiger partial charge is 0.0652 e. The number of rotatable bonds is 3. The summed E-state index contributed by atoms with van der Waals surface area (Å²) in [4.78, 5) is 2.34. The van der Waals surface area contributed by atoms with Gasteiger partial charge in [-0.05, 0) is 18.3 Å². The largest absolute Gasteiger partial charge is 0.395 e. The molecular formula is C9H17NO2. The number of methoxy groups -OCH3 is 1. The van der Waals surface area contributed by atoms with Gasteiger partial charge in [-0.3, -0.25) is 0 Å². The molecule has 0 aromatic carbocycles. The standard InChI is InChI=1S/C9H17NO2/c1-12-9-7-4-8(9)6-10(5-7)2-3-11/h7-9,11H,2-6H2,1H3/t7-,8-/m0/s1. The average molecular weight is 171 g/mol. The maximum Gasteiger partial charge on any atom is 0.0652 e. The Morgan fingerprint density at radius 1 is 1.42 bits per heavy atom. The van der Waals surface area contributed by atoms with E-state index in [4.69, 9.17) is 9.84 Å². The fraction of sp³-hybridized carbons (Fsp3) is 1.00. The second kappa shape index (κ2) is 3.32. The van der Waals surface area contributed by atoms with Crippen molar-refractivity contribution in [1.29, 1.82) is 0 Å². The van der Waals surface area contributed by atoms with E-state index in [1.54, 1.807) is 0 Å². The van der Waals surface area contributed by atoms with Crippen molar-refractivity contribution in [3.63, 3.8) is 0 Å². The summed E-state index contributed by atoms with van der Waals surface area (Å²) in [5.74, 6) is 1.47. The van der Waals surface area contributed by atoms with E-state index in [0.29, 0.717) is 6.10 Å². The Hall–Kier alpha value is -0.120. The molecule has 2 aliphatic heterocycles. The van der Waals surface area contributed by atoms with Crippen molar-refractivity contribution in [3.05, 3.63) is 0 Å². The fourth-order valence-corrected chi connectivity index (χ4v) is 2.65. The zero-order valence-electron chi connectivity index (χ0n) is 7.57. The summed E-state index contributed by atoms with van der Waals surface area (Å²) in [6.45, 7) is 3.37. The van der Waals surface area contributed by atoms with Crippen LogP contribution in [0.15, 0.2) is 0 Å². The molecule has 3 nitrogen and oxygen atoms in total. The van der Waals surface area contributed by atoms with E-state index in [0.717, 1.165) is 31.5 Å². The van der Waals surface area contributed by atoms with Crippen LogP contribution in [0.1, 0.15) is 6.42 Å². The number of nitrogens with zero attached hydrogens (tertiary/aromatic N) is 1. The van der Waals surface area contributed by atoms with Crippen molar-refractivity contribution in [2.45, 2.75) is 12.5 Å². The van der Waals surface area contributed by atoms with Gasteiger partial charge in [-0.1, -0.05) is 0 Å². The molecule has 1 N–H and O–H groups in total. The summed E-state index contributed by atoms with van der Waals surface area (Å²) in [6.07, 6.45) is 1.85. The second-order valence-corrected chi connectivity index (χ2v) is 3.94. The van der Waals surface area contributed by atoms with Crippen molar-refractivity contribution in [2.24, 2.45) is 11.8 Å². The number of hydrogen-bond acceptors (Lipinski definition) is 3. The SMILES string of the molecule is COC1[C@H]2C[C@H]1CN(CCO)C2. The van der Waals surface area contributed by atoms with E-state index in [1.807, 2.05) is 7.11 Å². The zero-order valence-corrected chi connectivity index (χ0v) is 7.57. The minimum atomic E-state index is 0.289. The van der Waals surface area contributed by atoms with E-state index in [2.05, 4.69) is 4.90 Å². The van der Waals surface area contributed by atoms with Gasteiger partial charge >= 0.3 is 0 Å². The van der Waals surface area contributed by atoms with Crippen LogP contribution in [0.4, 0.5) is 0 Å². The van der Waals surface area contributed by atoms with E-state index in [-0.39, 0.29) is 6.61 Å². The first-order valence-corrected chi connectivity index (χ1v) is 4.71. The molecule has 3 heteroatoms. The molecule has 2 heterocycles. The van der Waals surface area contributed by atoms with Gasteiger partial charge < -0.3 is 14.7 Å². The van der Waals surface area contributed by atoms with Crippen LogP contribution in [0.5, 0.6) is 0 Å². The normalized spacial score (nSPS) is 41.0. The Morgan fingerprint density at radius 3 is 2.58 bits per heavy atom. The van der Waals surface area contributed by atoms with Gasteiger partial charge in [0.25, 0.3) is 0 Å². The third-order valence-corrected chi connectivity index (χ3v) is 3.21. The minimum absolute atomic E-state index is 0.289. The number of fused-ring (bicyclic) bond motifs is 2. The maximum absolute atomic E-state index is 8.77. The Morgan fingerprint density at radius 2 is 2.08 bits per heavy atom. The first-order chi connectivity index (χ1) is 5.85. The highest BCUT2D eigenvalue weighted by Gasteiger charge is 2.46. The highest BCUT2D eigenvalue weighted by molar-refractivity contribution is 4.97. The third-order valence-electron chi connectivity index (χ3n) is 3.21. The van der Waals surface area contributed by atoms with Gasteiger partial charge in [0, 0.05) is 26.7 Å². The molecule has 70 valence electrons. The number of piperidine rings is 2. The van der Waals surface area contributed by atoms with Gasteiger partial charge in [0.2, 0.25) is 0 Å². The van der Waals surface area contributed by atoms with Gasteiger partial charge in [-0.25, -0.2) is 0 Å². The molecule has 1 aliphatic carbocycles. The lowest BCUT2D eigenvalue weighted by Crippen LogP contribution is -2.59. The van der Waals surface area contributed by atoms with Gasteiger partial charge in [0.05, 0.1) is 12.7 Å². The molecule has 3 fully saturated rings. The summed E-state index contributed by atoms with van der Waals surface area (Å²) in [6, 6.07) is 0. The van der Waals surface area contributed by atoms with E-state index < -0.39 is 0 Å². The number of aliphatic hydroxyl groups is 1. The topological polar surface area (TPSA) is 32.7 Å². The molecular weight excluding hydrogens is 154 g/mol. The molecule has 0 radical (unpaired) electrons. The van der Waals surface area contributed by atoms with Gasteiger partial charge in [-0.2, -0.15) is 0 Å². The number of hydrogen-bond donors (Lipinski definition) is 1. The molecule has 0 spiro atoms. The molecule has 0 amide bonds. The molecule has 3 rings (SSSR count). The summed E-state index contributed by atoms with van der Waals surface area (Å²) < 4.78 is 5.39. The first-order valence-electron chi connectivity index (χ1n) is 4.71. The van der Waals surface area contributed by atoms with Crippen LogP contribution in [-0.2, 0) is 4.74 Å². The van der Waals surface area contributed by atoms with Crippen LogP contribution in [0.25, 0.3) is 0 Å². The Labute approximate surface area is 73.3 Å². The zero-order chi connectivity index (χ0) is 8.55. The summed E-state index contributed by atoms with van der Waals surface area (Å²) in [7, 11) is 1.81. The Kier molecular flexibility index (Phi) is 2.35. The highest BCUT2D eigenvalue weighted by atomic mass is 16.5. The number of aliphatic hydroxyl groups excluding tert-OH is 1. The molecule has 2 bridgehead atoms. The quantitative estimate of drug-likeness (QED) is 0.646. The van der Waals surface area contributed by atoms with E-state index in [9.17, 15) is 0 Å². The first kappa shape index (κ1) is 8.48. The Bertz CT molecular complexity index is 147. The van der Waals surface area contributed by atoms with Crippen LogP contribution < -0.4 is 0 Å². The molecule has 3 aliphatic rings. The van der Waals surface area contributed by atoms with Crippen LogP contribution >= 0.6 is 0 Å². The lowest BCUT2D eigenvalue weighted by Gasteiger charge is -2.52. The summed E-state index contributed by atoms with van der Waals surface area (Å²) >= 11 is 0. The predicted molar refractivity (Wildman–Crippen MR) is 45.9 cm³/mol. The van der Waals surface area contributed by atoms with Crippen molar-refractivity contribution in [2.75, 3.05) is 33.4 Å². The number of ether oxygens (including phenoxy) is 1. The lowest BCUT2D eigenvalue weighted by molar-refractivity contribution is -0.128. The summed E-state index contributed by atoms with van der Waals surface area (Å²) in [5.41, 5.74) is 0. The van der Waals surface area contributed by atoms with E-state index in [1.165, 1.54) is 6.42 Å². The van der Waals surface area contributed by atoms with Crippen LogP contribution in [0, 0.1) is 11.8 Å².